The van der Waals surface area contributed by atoms with Gasteiger partial charge in [0.15, 0.2) is 5.69 Å². The average molecular weight is 443 g/mol. The van der Waals surface area contributed by atoms with Crippen LogP contribution in [0.4, 0.5) is 4.39 Å². The lowest BCUT2D eigenvalue weighted by Gasteiger charge is -2.24. The number of H-pyrrole nitrogens is 1. The summed E-state index contributed by atoms with van der Waals surface area (Å²) < 4.78 is 20.5. The number of rotatable bonds is 9. The van der Waals surface area contributed by atoms with Crippen LogP contribution in [-0.2, 0) is 22.5 Å². The molecule has 2 N–H and O–H groups in total. The van der Waals surface area contributed by atoms with Crippen molar-refractivity contribution in [3.63, 3.8) is 0 Å². The van der Waals surface area contributed by atoms with E-state index in [4.69, 9.17) is 4.74 Å². The van der Waals surface area contributed by atoms with Crippen molar-refractivity contribution in [1.82, 2.24) is 35.2 Å². The Balaban J connectivity index is 1.34. The van der Waals surface area contributed by atoms with Crippen molar-refractivity contribution in [3.05, 3.63) is 42.0 Å². The Labute approximate surface area is 184 Å². The minimum atomic E-state index is -1.09. The number of amides is 2. The highest BCUT2D eigenvalue weighted by atomic mass is 19.1. The van der Waals surface area contributed by atoms with E-state index in [2.05, 4.69) is 25.6 Å². The van der Waals surface area contributed by atoms with E-state index in [9.17, 15) is 14.0 Å². The molecule has 0 spiro atoms. The molecule has 3 aromatic rings. The second kappa shape index (κ2) is 9.86. The van der Waals surface area contributed by atoms with Gasteiger partial charge in [-0.15, -0.1) is 5.10 Å². The van der Waals surface area contributed by atoms with Gasteiger partial charge in [0.1, 0.15) is 12.0 Å². The largest absolute Gasteiger partial charge is 0.383 e. The van der Waals surface area contributed by atoms with Gasteiger partial charge in [0.25, 0.3) is 5.91 Å². The highest BCUT2D eigenvalue weighted by molar-refractivity contribution is 5.91. The maximum atomic E-state index is 14.2. The van der Waals surface area contributed by atoms with Gasteiger partial charge in [0.2, 0.25) is 5.91 Å². The van der Waals surface area contributed by atoms with Crippen LogP contribution in [0.5, 0.6) is 0 Å². The highest BCUT2D eigenvalue weighted by Gasteiger charge is 2.35. The molecule has 1 aliphatic rings. The number of aromatic nitrogens is 5. The first-order valence-corrected chi connectivity index (χ1v) is 10.6. The average Bonchev–Trinajstić information content (AvgIpc) is 3.50. The minimum absolute atomic E-state index is 0.0582. The van der Waals surface area contributed by atoms with Gasteiger partial charge in [0, 0.05) is 32.9 Å². The summed E-state index contributed by atoms with van der Waals surface area (Å²) in [5.41, 5.74) is 1.94. The molecule has 32 heavy (non-hydrogen) atoms. The van der Waals surface area contributed by atoms with Gasteiger partial charge in [-0.2, -0.15) is 0 Å². The van der Waals surface area contributed by atoms with E-state index in [-0.39, 0.29) is 49.5 Å². The molecule has 3 heterocycles. The van der Waals surface area contributed by atoms with Crippen molar-refractivity contribution in [2.75, 3.05) is 26.8 Å². The third-order valence-electron chi connectivity index (χ3n) is 5.46. The number of alkyl halides is 1. The first kappa shape index (κ1) is 21.9. The number of hydrogen-bond donors (Lipinski definition) is 2. The van der Waals surface area contributed by atoms with Crippen molar-refractivity contribution in [2.45, 2.75) is 38.0 Å². The van der Waals surface area contributed by atoms with Crippen molar-refractivity contribution in [1.29, 1.82) is 0 Å². The van der Waals surface area contributed by atoms with E-state index in [1.54, 1.807) is 12.0 Å². The smallest absolute Gasteiger partial charge is 0.273 e. The van der Waals surface area contributed by atoms with E-state index in [1.165, 1.54) is 10.9 Å². The summed E-state index contributed by atoms with van der Waals surface area (Å²) in [5.74, 6) is 0.239. The van der Waals surface area contributed by atoms with Crippen LogP contribution in [0.25, 0.3) is 11.0 Å². The standard InChI is InChI=1S/C21H26FN7O3/c1-32-9-8-23-21(31)18-13-28(27-26-18)12-15-10-14(22)11-29(15)20(30)7-6-19-24-16-4-2-3-5-17(16)25-19/h2-5,13-15H,6-12H2,1H3,(H,23,31)(H,24,25)/t14-,15-/m0/s1. The van der Waals surface area contributed by atoms with E-state index in [0.717, 1.165) is 16.9 Å². The molecular weight excluding hydrogens is 417 g/mol. The molecule has 1 fully saturated rings. The molecule has 10 nitrogen and oxygen atoms in total. The molecule has 0 radical (unpaired) electrons. The number of nitrogens with one attached hydrogen (secondary N) is 2. The fourth-order valence-electron chi connectivity index (χ4n) is 3.90. The Morgan fingerprint density at radius 2 is 2.19 bits per heavy atom. The lowest BCUT2D eigenvalue weighted by atomic mass is 10.2. The molecule has 170 valence electrons. The number of methoxy groups -OCH3 is 1. The predicted molar refractivity (Wildman–Crippen MR) is 114 cm³/mol. The fourth-order valence-corrected chi connectivity index (χ4v) is 3.90. The van der Waals surface area contributed by atoms with Crippen LogP contribution in [0.15, 0.2) is 30.5 Å². The third kappa shape index (κ3) is 5.10. The topological polar surface area (TPSA) is 118 Å². The number of para-hydroxylation sites is 2. The molecule has 0 saturated carbocycles. The highest BCUT2D eigenvalue weighted by Crippen LogP contribution is 2.23. The maximum absolute atomic E-state index is 14.2. The molecule has 0 aliphatic carbocycles. The molecule has 4 rings (SSSR count). The summed E-state index contributed by atoms with van der Waals surface area (Å²) in [5, 5.41) is 10.5. The molecule has 0 bridgehead atoms. The first-order chi connectivity index (χ1) is 15.5. The molecule has 1 aliphatic heterocycles. The lowest BCUT2D eigenvalue weighted by Crippen LogP contribution is -2.38. The van der Waals surface area contributed by atoms with E-state index in [0.29, 0.717) is 19.6 Å². The van der Waals surface area contributed by atoms with Gasteiger partial charge in [-0.3, -0.25) is 9.59 Å². The number of carbonyl (C=O) groups excluding carboxylic acids is 2. The summed E-state index contributed by atoms with van der Waals surface area (Å²) in [6.45, 7) is 1.09. The summed E-state index contributed by atoms with van der Waals surface area (Å²) in [6.07, 6.45) is 1.32. The van der Waals surface area contributed by atoms with E-state index in [1.807, 2.05) is 24.3 Å². The Morgan fingerprint density at radius 3 is 3.00 bits per heavy atom. The van der Waals surface area contributed by atoms with Crippen LogP contribution < -0.4 is 5.32 Å². The zero-order chi connectivity index (χ0) is 22.5. The number of fused-ring (bicyclic) bond motifs is 1. The Kier molecular flexibility index (Phi) is 6.74. The Hall–Kier alpha value is -3.34. The van der Waals surface area contributed by atoms with E-state index < -0.39 is 6.17 Å². The van der Waals surface area contributed by atoms with Crippen molar-refractivity contribution in [3.8, 4) is 0 Å². The number of halogens is 1. The molecule has 2 aromatic heterocycles. The van der Waals surface area contributed by atoms with Crippen LogP contribution in [0, 0.1) is 0 Å². The zero-order valence-corrected chi connectivity index (χ0v) is 17.8. The number of hydrogen-bond acceptors (Lipinski definition) is 6. The van der Waals surface area contributed by atoms with Crippen LogP contribution in [0.1, 0.15) is 29.2 Å². The van der Waals surface area contributed by atoms with Crippen LogP contribution in [0.3, 0.4) is 0 Å². The van der Waals surface area contributed by atoms with Gasteiger partial charge in [-0.25, -0.2) is 14.1 Å². The van der Waals surface area contributed by atoms with Crippen LogP contribution in [0.2, 0.25) is 0 Å². The number of nitrogens with zero attached hydrogens (tertiary/aromatic N) is 5. The molecule has 2 amide bonds. The molecule has 0 unspecified atom stereocenters. The Morgan fingerprint density at radius 1 is 1.34 bits per heavy atom. The van der Waals surface area contributed by atoms with Gasteiger partial charge in [0.05, 0.1) is 43.0 Å². The van der Waals surface area contributed by atoms with E-state index >= 15 is 0 Å². The number of ether oxygens (including phenoxy) is 1. The normalized spacial score (nSPS) is 18.4. The molecule has 11 heteroatoms. The summed E-state index contributed by atoms with van der Waals surface area (Å²) in [4.78, 5) is 34.2. The first-order valence-electron chi connectivity index (χ1n) is 10.6. The number of aryl methyl sites for hydroxylation is 1. The number of benzene rings is 1. The predicted octanol–water partition coefficient (Wildman–Crippen LogP) is 1.10. The molecular formula is C21H26FN7O3. The summed E-state index contributed by atoms with van der Waals surface area (Å²) >= 11 is 0. The van der Waals surface area contributed by atoms with Crippen molar-refractivity contribution < 1.29 is 18.7 Å². The van der Waals surface area contributed by atoms with Crippen LogP contribution >= 0.6 is 0 Å². The minimum Gasteiger partial charge on any atom is -0.383 e. The van der Waals surface area contributed by atoms with Gasteiger partial charge < -0.3 is 19.9 Å². The number of likely N-dealkylation sites (tertiary alicyclic amines) is 1. The second-order valence-corrected chi connectivity index (χ2v) is 7.81. The summed E-state index contributed by atoms with van der Waals surface area (Å²) in [6, 6.07) is 7.32. The molecule has 2 atom stereocenters. The quantitative estimate of drug-likeness (QED) is 0.478. The number of aromatic amines is 1. The van der Waals surface area contributed by atoms with Gasteiger partial charge in [-0.1, -0.05) is 17.3 Å². The Bertz CT molecular complexity index is 1050. The zero-order valence-electron chi connectivity index (χ0n) is 17.8. The van der Waals surface area contributed by atoms with Gasteiger partial charge >= 0.3 is 0 Å². The monoisotopic (exact) mass is 443 g/mol. The number of carbonyl (C=O) groups is 2. The van der Waals surface area contributed by atoms with Crippen molar-refractivity contribution >= 4 is 22.8 Å². The number of imidazole rings is 1. The second-order valence-electron chi connectivity index (χ2n) is 7.81. The fraction of sp³-hybridized carbons (Fsp3) is 0.476. The molecule has 1 aromatic carbocycles. The maximum Gasteiger partial charge on any atom is 0.273 e. The van der Waals surface area contributed by atoms with Gasteiger partial charge in [-0.05, 0) is 12.1 Å². The third-order valence-corrected chi connectivity index (χ3v) is 5.46. The SMILES string of the molecule is COCCNC(=O)c1cn(C[C@@H]2C[C@H](F)CN2C(=O)CCc2nc3ccccc3[nH]2)nn1. The van der Waals surface area contributed by atoms with Crippen LogP contribution in [-0.4, -0.2) is 80.7 Å². The summed E-state index contributed by atoms with van der Waals surface area (Å²) in [7, 11) is 1.55. The lowest BCUT2D eigenvalue weighted by molar-refractivity contribution is -0.132. The van der Waals surface area contributed by atoms with Crippen molar-refractivity contribution in [2.24, 2.45) is 0 Å². The molecule has 1 saturated heterocycles.